The Kier molecular flexibility index (Phi) is 6.22. The summed E-state index contributed by atoms with van der Waals surface area (Å²) in [6.45, 7) is 0. The molecule has 48 heavy (non-hydrogen) atoms. The minimum atomic E-state index is 0.582. The van der Waals surface area contributed by atoms with Gasteiger partial charge in [-0.2, -0.15) is 10.5 Å². The molecular weight excluding hydrogens is 585 g/mol. The van der Waals surface area contributed by atoms with Gasteiger partial charge in [0.15, 0.2) is 0 Å². The van der Waals surface area contributed by atoms with E-state index in [0.29, 0.717) is 11.1 Å². The normalized spacial score (nSPS) is 11.3. The fourth-order valence-corrected chi connectivity index (χ4v) is 7.25. The second kappa shape index (κ2) is 10.9. The standard InChI is InChI=1S/C44H26N4/c45-27-29-20-23-43-38(24-29)37-15-4-8-19-42(37)48(43)44-26-31(21-22-33(44)28-46)30-10-9-11-32(25-30)34-12-1-5-16-39(34)47-40-17-6-2-13-35(40)36-14-3-7-18-41(36)47/h1-26H. The summed E-state index contributed by atoms with van der Waals surface area (Å²) in [6, 6.07) is 59.1. The van der Waals surface area contributed by atoms with Crippen LogP contribution in [0, 0.1) is 22.7 Å². The van der Waals surface area contributed by atoms with E-state index in [1.54, 1.807) is 0 Å². The van der Waals surface area contributed by atoms with Crippen molar-refractivity contribution < 1.29 is 0 Å². The summed E-state index contributed by atoms with van der Waals surface area (Å²) < 4.78 is 4.52. The highest BCUT2D eigenvalue weighted by atomic mass is 15.0. The van der Waals surface area contributed by atoms with Crippen LogP contribution in [0.4, 0.5) is 0 Å². The van der Waals surface area contributed by atoms with Gasteiger partial charge in [-0.1, -0.05) is 97.1 Å². The van der Waals surface area contributed by atoms with Gasteiger partial charge in [0.05, 0.1) is 50.6 Å². The molecule has 0 fully saturated rings. The zero-order valence-corrected chi connectivity index (χ0v) is 25.8. The van der Waals surface area contributed by atoms with Gasteiger partial charge in [0, 0.05) is 27.1 Å². The predicted octanol–water partition coefficient (Wildman–Crippen LogP) is 11.0. The van der Waals surface area contributed by atoms with E-state index in [1.165, 1.54) is 21.8 Å². The van der Waals surface area contributed by atoms with Crippen LogP contribution in [0.3, 0.4) is 0 Å². The number of rotatable bonds is 4. The van der Waals surface area contributed by atoms with Crippen LogP contribution in [0.15, 0.2) is 158 Å². The largest absolute Gasteiger partial charge is 0.309 e. The Morgan fingerprint density at radius 3 is 1.62 bits per heavy atom. The molecule has 0 N–H and O–H groups in total. The molecule has 0 aliphatic heterocycles. The summed E-state index contributed by atoms with van der Waals surface area (Å²) >= 11 is 0. The smallest absolute Gasteiger partial charge is 0.101 e. The zero-order valence-electron chi connectivity index (χ0n) is 25.8. The molecule has 7 aromatic carbocycles. The number of aromatic nitrogens is 2. The molecule has 0 amide bonds. The van der Waals surface area contributed by atoms with E-state index in [2.05, 4.69) is 137 Å². The average molecular weight is 611 g/mol. The first-order chi connectivity index (χ1) is 23.7. The monoisotopic (exact) mass is 610 g/mol. The van der Waals surface area contributed by atoms with E-state index in [9.17, 15) is 10.5 Å². The van der Waals surface area contributed by atoms with Crippen LogP contribution >= 0.6 is 0 Å². The topological polar surface area (TPSA) is 57.4 Å². The number of para-hydroxylation sites is 4. The molecule has 0 unspecified atom stereocenters. The first-order valence-electron chi connectivity index (χ1n) is 15.9. The third kappa shape index (κ3) is 4.14. The van der Waals surface area contributed by atoms with Gasteiger partial charge in [0.25, 0.3) is 0 Å². The van der Waals surface area contributed by atoms with Gasteiger partial charge in [0.1, 0.15) is 6.07 Å². The lowest BCUT2D eigenvalue weighted by atomic mass is 9.96. The lowest BCUT2D eigenvalue weighted by molar-refractivity contribution is 1.17. The van der Waals surface area contributed by atoms with E-state index in [4.69, 9.17) is 0 Å². The Hall–Kier alpha value is -6.88. The van der Waals surface area contributed by atoms with Crippen LogP contribution in [-0.2, 0) is 0 Å². The second-order valence-corrected chi connectivity index (χ2v) is 12.0. The van der Waals surface area contributed by atoms with Gasteiger partial charge >= 0.3 is 0 Å². The van der Waals surface area contributed by atoms with Gasteiger partial charge in [-0.05, 0) is 77.4 Å². The minimum Gasteiger partial charge on any atom is -0.309 e. The van der Waals surface area contributed by atoms with Crippen molar-refractivity contribution >= 4 is 43.6 Å². The van der Waals surface area contributed by atoms with Crippen molar-refractivity contribution in [3.8, 4) is 45.8 Å². The highest BCUT2D eigenvalue weighted by molar-refractivity contribution is 6.11. The summed E-state index contributed by atoms with van der Waals surface area (Å²) in [5.41, 5.74) is 11.7. The molecule has 0 saturated carbocycles. The molecule has 0 radical (unpaired) electrons. The maximum absolute atomic E-state index is 10.3. The van der Waals surface area contributed by atoms with Crippen molar-refractivity contribution in [3.63, 3.8) is 0 Å². The van der Waals surface area contributed by atoms with Crippen LogP contribution < -0.4 is 0 Å². The maximum Gasteiger partial charge on any atom is 0.101 e. The maximum atomic E-state index is 10.3. The molecule has 0 aliphatic carbocycles. The summed E-state index contributed by atoms with van der Waals surface area (Å²) in [6.07, 6.45) is 0. The highest BCUT2D eigenvalue weighted by Gasteiger charge is 2.18. The number of fused-ring (bicyclic) bond motifs is 6. The molecule has 9 rings (SSSR count). The highest BCUT2D eigenvalue weighted by Crippen LogP contribution is 2.38. The summed E-state index contributed by atoms with van der Waals surface area (Å²) in [7, 11) is 0. The van der Waals surface area contributed by atoms with Crippen molar-refractivity contribution in [3.05, 3.63) is 169 Å². The lowest BCUT2D eigenvalue weighted by Crippen LogP contribution is -1.99. The second-order valence-electron chi connectivity index (χ2n) is 12.0. The van der Waals surface area contributed by atoms with Crippen LogP contribution in [-0.4, -0.2) is 9.13 Å². The Morgan fingerprint density at radius 1 is 0.375 bits per heavy atom. The molecule has 0 saturated heterocycles. The molecule has 0 spiro atoms. The third-order valence-electron chi connectivity index (χ3n) is 9.39. The number of hydrogen-bond acceptors (Lipinski definition) is 2. The molecule has 4 nitrogen and oxygen atoms in total. The summed E-state index contributed by atoms with van der Waals surface area (Å²) in [5.74, 6) is 0. The van der Waals surface area contributed by atoms with Crippen molar-refractivity contribution in [1.29, 1.82) is 10.5 Å². The van der Waals surface area contributed by atoms with Gasteiger partial charge in [-0.3, -0.25) is 0 Å². The first kappa shape index (κ1) is 27.4. The summed E-state index contributed by atoms with van der Waals surface area (Å²) in [4.78, 5) is 0. The minimum absolute atomic E-state index is 0.582. The molecule has 2 heterocycles. The van der Waals surface area contributed by atoms with E-state index in [1.807, 2.05) is 42.5 Å². The SMILES string of the molecule is N#Cc1ccc2c(c1)c1ccccc1n2-c1cc(-c2cccc(-c3ccccc3-n3c4ccccc4c4ccccc43)c2)ccc1C#N. The quantitative estimate of drug-likeness (QED) is 0.199. The third-order valence-corrected chi connectivity index (χ3v) is 9.39. The molecule has 0 bridgehead atoms. The van der Waals surface area contributed by atoms with Gasteiger partial charge in [-0.15, -0.1) is 0 Å². The van der Waals surface area contributed by atoms with Crippen molar-refractivity contribution in [2.24, 2.45) is 0 Å². The number of benzene rings is 7. The van der Waals surface area contributed by atoms with E-state index >= 15 is 0 Å². The number of nitrogens with zero attached hydrogens (tertiary/aromatic N) is 4. The predicted molar refractivity (Wildman–Crippen MR) is 195 cm³/mol. The fourth-order valence-electron chi connectivity index (χ4n) is 7.25. The molecule has 222 valence electrons. The first-order valence-corrected chi connectivity index (χ1v) is 15.9. The van der Waals surface area contributed by atoms with Gasteiger partial charge in [-0.25, -0.2) is 0 Å². The van der Waals surface area contributed by atoms with E-state index < -0.39 is 0 Å². The fraction of sp³-hybridized carbons (Fsp3) is 0. The molecule has 2 aromatic heterocycles. The van der Waals surface area contributed by atoms with Crippen molar-refractivity contribution in [1.82, 2.24) is 9.13 Å². The molecule has 0 aliphatic rings. The van der Waals surface area contributed by atoms with Crippen molar-refractivity contribution in [2.75, 3.05) is 0 Å². The Bertz CT molecular complexity index is 2760. The molecular formula is C44H26N4. The molecule has 4 heteroatoms. The van der Waals surface area contributed by atoms with Crippen molar-refractivity contribution in [2.45, 2.75) is 0 Å². The Labute approximate surface area is 277 Å². The lowest BCUT2D eigenvalue weighted by Gasteiger charge is -2.15. The number of hydrogen-bond donors (Lipinski definition) is 0. The number of nitriles is 2. The Balaban J connectivity index is 1.22. The zero-order chi connectivity index (χ0) is 32.2. The van der Waals surface area contributed by atoms with Crippen LogP contribution in [0.25, 0.3) is 77.2 Å². The van der Waals surface area contributed by atoms with Crippen LogP contribution in [0.5, 0.6) is 0 Å². The van der Waals surface area contributed by atoms with Gasteiger partial charge in [0.2, 0.25) is 0 Å². The average Bonchev–Trinajstić information content (AvgIpc) is 3.67. The van der Waals surface area contributed by atoms with E-state index in [-0.39, 0.29) is 0 Å². The summed E-state index contributed by atoms with van der Waals surface area (Å²) in [5, 5.41) is 24.4. The van der Waals surface area contributed by atoms with Gasteiger partial charge < -0.3 is 9.13 Å². The van der Waals surface area contributed by atoms with E-state index in [0.717, 1.165) is 55.4 Å². The molecule has 9 aromatic rings. The van der Waals surface area contributed by atoms with Crippen LogP contribution in [0.2, 0.25) is 0 Å². The van der Waals surface area contributed by atoms with Crippen LogP contribution in [0.1, 0.15) is 11.1 Å². The molecule has 0 atom stereocenters. The Morgan fingerprint density at radius 2 is 0.938 bits per heavy atom.